The summed E-state index contributed by atoms with van der Waals surface area (Å²) in [6.45, 7) is 6.68. The summed E-state index contributed by atoms with van der Waals surface area (Å²) < 4.78 is 0. The molecule has 1 fully saturated rings. The zero-order valence-electron chi connectivity index (χ0n) is 14.1. The molecule has 3 nitrogen and oxygen atoms in total. The molecule has 132 valence electrons. The van der Waals surface area contributed by atoms with Crippen molar-refractivity contribution >= 4 is 40.5 Å². The topological polar surface area (TPSA) is 18.8 Å². The van der Waals surface area contributed by atoms with Crippen molar-refractivity contribution < 1.29 is 0 Å². The first-order valence-corrected chi connectivity index (χ1v) is 9.37. The molecule has 1 heterocycles. The van der Waals surface area contributed by atoms with Crippen molar-refractivity contribution in [3.05, 3.63) is 68.7 Å². The van der Waals surface area contributed by atoms with Crippen LogP contribution in [0.1, 0.15) is 18.1 Å². The Labute approximate surface area is 163 Å². The number of piperazine rings is 1. The fourth-order valence-corrected chi connectivity index (χ4v) is 3.56. The van der Waals surface area contributed by atoms with Crippen molar-refractivity contribution in [1.82, 2.24) is 9.91 Å². The standard InChI is InChI=1S/C19H20Cl3N3/c1-14(18-7-6-17(21)12-19(18)22)23-25-10-8-24(9-11-25)13-15-2-4-16(20)5-3-15/h2-7,12H,8-11,13H2,1H3/b23-14-. The predicted octanol–water partition coefficient (Wildman–Crippen LogP) is 5.19. The number of benzene rings is 2. The number of hydrazone groups is 1. The van der Waals surface area contributed by atoms with E-state index in [1.54, 1.807) is 6.07 Å². The lowest BCUT2D eigenvalue weighted by Crippen LogP contribution is -2.43. The highest BCUT2D eigenvalue weighted by atomic mass is 35.5. The molecule has 0 unspecified atom stereocenters. The molecule has 0 bridgehead atoms. The molecule has 25 heavy (non-hydrogen) atoms. The summed E-state index contributed by atoms with van der Waals surface area (Å²) in [7, 11) is 0. The zero-order chi connectivity index (χ0) is 17.8. The van der Waals surface area contributed by atoms with E-state index in [2.05, 4.69) is 22.0 Å². The maximum atomic E-state index is 6.27. The maximum absolute atomic E-state index is 6.27. The molecule has 3 rings (SSSR count). The molecule has 0 aromatic heterocycles. The second kappa shape index (κ2) is 8.41. The van der Waals surface area contributed by atoms with E-state index in [1.165, 1.54) is 5.56 Å². The third kappa shape index (κ3) is 5.11. The van der Waals surface area contributed by atoms with Crippen LogP contribution < -0.4 is 0 Å². The second-order valence-corrected chi connectivity index (χ2v) is 7.45. The van der Waals surface area contributed by atoms with Crippen LogP contribution in [-0.4, -0.2) is 41.8 Å². The van der Waals surface area contributed by atoms with E-state index in [4.69, 9.17) is 39.9 Å². The van der Waals surface area contributed by atoms with Crippen LogP contribution in [0.15, 0.2) is 47.6 Å². The second-order valence-electron chi connectivity index (χ2n) is 6.17. The van der Waals surface area contributed by atoms with Gasteiger partial charge in [-0.1, -0.05) is 53.0 Å². The van der Waals surface area contributed by atoms with Crippen LogP contribution in [0.25, 0.3) is 0 Å². The van der Waals surface area contributed by atoms with E-state index in [0.29, 0.717) is 10.0 Å². The molecule has 0 N–H and O–H groups in total. The van der Waals surface area contributed by atoms with Crippen LogP contribution in [0.4, 0.5) is 0 Å². The van der Waals surface area contributed by atoms with Gasteiger partial charge in [0.1, 0.15) is 0 Å². The molecule has 2 aromatic rings. The zero-order valence-corrected chi connectivity index (χ0v) is 16.3. The summed E-state index contributed by atoms with van der Waals surface area (Å²) in [4.78, 5) is 2.43. The highest BCUT2D eigenvalue weighted by molar-refractivity contribution is 6.37. The van der Waals surface area contributed by atoms with E-state index in [-0.39, 0.29) is 0 Å². The van der Waals surface area contributed by atoms with Gasteiger partial charge < -0.3 is 0 Å². The van der Waals surface area contributed by atoms with Gasteiger partial charge in [-0.2, -0.15) is 5.10 Å². The van der Waals surface area contributed by atoms with Gasteiger partial charge in [0.05, 0.1) is 10.7 Å². The van der Waals surface area contributed by atoms with Crippen LogP contribution in [0.5, 0.6) is 0 Å². The van der Waals surface area contributed by atoms with Crippen molar-refractivity contribution in [3.8, 4) is 0 Å². The Balaban J connectivity index is 1.57. The molecule has 0 amide bonds. The van der Waals surface area contributed by atoms with Crippen LogP contribution >= 0.6 is 34.8 Å². The minimum absolute atomic E-state index is 0.634. The van der Waals surface area contributed by atoms with Gasteiger partial charge in [-0.25, -0.2) is 0 Å². The van der Waals surface area contributed by atoms with Gasteiger partial charge in [0.15, 0.2) is 0 Å². The molecular formula is C19H20Cl3N3. The number of hydrogen-bond donors (Lipinski definition) is 0. The Morgan fingerprint density at radius 1 is 0.920 bits per heavy atom. The van der Waals surface area contributed by atoms with Gasteiger partial charge in [-0.3, -0.25) is 9.91 Å². The van der Waals surface area contributed by atoms with Crippen molar-refractivity contribution in [1.29, 1.82) is 0 Å². The molecule has 1 saturated heterocycles. The van der Waals surface area contributed by atoms with Crippen LogP contribution in [0, 0.1) is 0 Å². The first-order valence-electron chi connectivity index (χ1n) is 8.23. The highest BCUT2D eigenvalue weighted by Gasteiger charge is 2.16. The van der Waals surface area contributed by atoms with E-state index >= 15 is 0 Å². The summed E-state index contributed by atoms with van der Waals surface area (Å²) >= 11 is 18.2. The highest BCUT2D eigenvalue weighted by Crippen LogP contribution is 2.22. The molecule has 1 aliphatic rings. The van der Waals surface area contributed by atoms with Gasteiger partial charge in [-0.05, 0) is 36.8 Å². The summed E-state index contributed by atoms with van der Waals surface area (Å²) in [5, 5.41) is 8.89. The molecule has 0 spiro atoms. The average Bonchev–Trinajstić information content (AvgIpc) is 2.58. The molecule has 0 radical (unpaired) electrons. The van der Waals surface area contributed by atoms with Crippen LogP contribution in [0.3, 0.4) is 0 Å². The molecule has 6 heteroatoms. The number of halogens is 3. The van der Waals surface area contributed by atoms with Crippen molar-refractivity contribution in [2.24, 2.45) is 5.10 Å². The van der Waals surface area contributed by atoms with Gasteiger partial charge in [-0.15, -0.1) is 0 Å². The Morgan fingerprint density at radius 2 is 1.56 bits per heavy atom. The van der Waals surface area contributed by atoms with Gasteiger partial charge in [0.2, 0.25) is 0 Å². The monoisotopic (exact) mass is 395 g/mol. The smallest absolute Gasteiger partial charge is 0.0661 e. The van der Waals surface area contributed by atoms with Crippen LogP contribution in [0.2, 0.25) is 15.1 Å². The third-order valence-electron chi connectivity index (χ3n) is 4.28. The largest absolute Gasteiger partial charge is 0.295 e. The van der Waals surface area contributed by atoms with Crippen molar-refractivity contribution in [2.75, 3.05) is 26.2 Å². The minimum Gasteiger partial charge on any atom is -0.295 e. The lowest BCUT2D eigenvalue weighted by molar-refractivity contribution is 0.130. The molecule has 0 saturated carbocycles. The van der Waals surface area contributed by atoms with Gasteiger partial charge in [0, 0.05) is 48.3 Å². The SMILES string of the molecule is C/C(=N/N1CCN(Cc2ccc(Cl)cc2)CC1)c1ccc(Cl)cc1Cl. The number of rotatable bonds is 4. The predicted molar refractivity (Wildman–Crippen MR) is 107 cm³/mol. The fraction of sp³-hybridized carbons (Fsp3) is 0.316. The Hall–Kier alpha value is -1.26. The Bertz CT molecular complexity index is 751. The number of hydrogen-bond acceptors (Lipinski definition) is 3. The fourth-order valence-electron chi connectivity index (χ4n) is 2.89. The summed E-state index contributed by atoms with van der Waals surface area (Å²) in [5.41, 5.74) is 3.12. The quantitative estimate of drug-likeness (QED) is 0.662. The minimum atomic E-state index is 0.634. The maximum Gasteiger partial charge on any atom is 0.0661 e. The van der Waals surface area contributed by atoms with E-state index in [1.807, 2.05) is 31.2 Å². The summed E-state index contributed by atoms with van der Waals surface area (Å²) in [5.74, 6) is 0. The molecule has 2 aromatic carbocycles. The van der Waals surface area contributed by atoms with Gasteiger partial charge in [0.25, 0.3) is 0 Å². The third-order valence-corrected chi connectivity index (χ3v) is 5.08. The first kappa shape index (κ1) is 18.5. The van der Waals surface area contributed by atoms with E-state index in [9.17, 15) is 0 Å². The first-order chi connectivity index (χ1) is 12.0. The van der Waals surface area contributed by atoms with Gasteiger partial charge >= 0.3 is 0 Å². The molecule has 0 atom stereocenters. The lowest BCUT2D eigenvalue weighted by atomic mass is 10.1. The number of nitrogens with zero attached hydrogens (tertiary/aromatic N) is 3. The molecule has 1 aliphatic heterocycles. The Kier molecular flexibility index (Phi) is 6.24. The molecule has 0 aliphatic carbocycles. The average molecular weight is 397 g/mol. The summed E-state index contributed by atoms with van der Waals surface area (Å²) in [6, 6.07) is 13.6. The van der Waals surface area contributed by atoms with Crippen molar-refractivity contribution in [2.45, 2.75) is 13.5 Å². The molecular weight excluding hydrogens is 377 g/mol. The van der Waals surface area contributed by atoms with Crippen LogP contribution in [-0.2, 0) is 6.54 Å². The Morgan fingerprint density at radius 3 is 2.20 bits per heavy atom. The summed E-state index contributed by atoms with van der Waals surface area (Å²) in [6.07, 6.45) is 0. The van der Waals surface area contributed by atoms with E-state index < -0.39 is 0 Å². The lowest BCUT2D eigenvalue weighted by Gasteiger charge is -2.33. The van der Waals surface area contributed by atoms with Crippen molar-refractivity contribution in [3.63, 3.8) is 0 Å². The normalized spacial score (nSPS) is 16.3. The van der Waals surface area contributed by atoms with E-state index in [0.717, 1.165) is 49.0 Å².